The van der Waals surface area contributed by atoms with E-state index in [-0.39, 0.29) is 5.91 Å². The number of rotatable bonds is 10. The van der Waals surface area contributed by atoms with E-state index in [0.29, 0.717) is 42.6 Å². The van der Waals surface area contributed by atoms with Crippen LogP contribution in [0.5, 0.6) is 5.75 Å². The number of amides is 1. The molecule has 0 N–H and O–H groups in total. The summed E-state index contributed by atoms with van der Waals surface area (Å²) in [6.45, 7) is 5.90. The van der Waals surface area contributed by atoms with Crippen molar-refractivity contribution in [2.75, 3.05) is 13.2 Å². The van der Waals surface area contributed by atoms with Gasteiger partial charge in [-0.3, -0.25) is 4.79 Å². The summed E-state index contributed by atoms with van der Waals surface area (Å²) in [6, 6.07) is 13.4. The first-order chi connectivity index (χ1) is 13.0. The molecule has 0 saturated carbocycles. The Morgan fingerprint density at radius 3 is 2.44 bits per heavy atom. The highest BCUT2D eigenvalue weighted by Gasteiger charge is 2.14. The van der Waals surface area contributed by atoms with E-state index in [1.54, 1.807) is 6.07 Å². The normalized spacial score (nSPS) is 10.7. The fourth-order valence-electron chi connectivity index (χ4n) is 2.84. The molecule has 0 aliphatic rings. The summed E-state index contributed by atoms with van der Waals surface area (Å²) >= 11 is 12.3. The highest BCUT2D eigenvalue weighted by molar-refractivity contribution is 6.35. The first-order valence-electron chi connectivity index (χ1n) is 9.47. The van der Waals surface area contributed by atoms with Gasteiger partial charge < -0.3 is 9.64 Å². The first kappa shape index (κ1) is 21.6. The Morgan fingerprint density at radius 1 is 1.07 bits per heavy atom. The lowest BCUT2D eigenvalue weighted by Gasteiger charge is -2.23. The van der Waals surface area contributed by atoms with E-state index in [0.717, 1.165) is 29.7 Å². The topological polar surface area (TPSA) is 29.5 Å². The van der Waals surface area contributed by atoms with Crippen LogP contribution in [0.15, 0.2) is 42.5 Å². The molecule has 2 aromatic rings. The molecule has 146 valence electrons. The van der Waals surface area contributed by atoms with Crippen molar-refractivity contribution in [3.05, 3.63) is 63.6 Å². The lowest BCUT2D eigenvalue weighted by Crippen LogP contribution is -2.32. The van der Waals surface area contributed by atoms with Crippen LogP contribution in [0.1, 0.15) is 44.2 Å². The zero-order valence-electron chi connectivity index (χ0n) is 16.0. The lowest BCUT2D eigenvalue weighted by atomic mass is 10.1. The SMILES string of the molecule is CCCCC(=O)N(CCc1ccc(Cl)cc1Cl)Cc1ccc(OCC)cc1. The summed E-state index contributed by atoms with van der Waals surface area (Å²) in [5.74, 6) is 1.02. The van der Waals surface area contributed by atoms with Crippen molar-refractivity contribution in [3.8, 4) is 5.75 Å². The second kappa shape index (κ2) is 11.2. The molecule has 1 amide bonds. The number of halogens is 2. The predicted molar refractivity (Wildman–Crippen MR) is 113 cm³/mol. The highest BCUT2D eigenvalue weighted by atomic mass is 35.5. The van der Waals surface area contributed by atoms with Gasteiger partial charge in [-0.05, 0) is 55.2 Å². The quantitative estimate of drug-likeness (QED) is 0.472. The van der Waals surface area contributed by atoms with Crippen molar-refractivity contribution in [1.29, 1.82) is 0 Å². The molecule has 0 aliphatic carbocycles. The fourth-order valence-corrected chi connectivity index (χ4v) is 3.34. The number of benzene rings is 2. The number of unbranched alkanes of at least 4 members (excludes halogenated alkanes) is 1. The van der Waals surface area contributed by atoms with Gasteiger partial charge in [0.05, 0.1) is 6.61 Å². The van der Waals surface area contributed by atoms with Gasteiger partial charge in [0.1, 0.15) is 5.75 Å². The van der Waals surface area contributed by atoms with E-state index in [1.807, 2.05) is 48.2 Å². The van der Waals surface area contributed by atoms with Crippen LogP contribution in [0.2, 0.25) is 10.0 Å². The minimum atomic E-state index is 0.177. The molecule has 0 aromatic heterocycles. The third kappa shape index (κ3) is 7.08. The van der Waals surface area contributed by atoms with Crippen molar-refractivity contribution in [2.24, 2.45) is 0 Å². The number of hydrogen-bond donors (Lipinski definition) is 0. The maximum Gasteiger partial charge on any atom is 0.222 e. The van der Waals surface area contributed by atoms with Crippen molar-refractivity contribution in [1.82, 2.24) is 4.90 Å². The van der Waals surface area contributed by atoms with E-state index in [9.17, 15) is 4.79 Å². The van der Waals surface area contributed by atoms with Gasteiger partial charge in [0.2, 0.25) is 5.91 Å². The minimum Gasteiger partial charge on any atom is -0.494 e. The Morgan fingerprint density at radius 2 is 1.81 bits per heavy atom. The average Bonchev–Trinajstić information content (AvgIpc) is 2.66. The van der Waals surface area contributed by atoms with E-state index >= 15 is 0 Å². The number of carbonyl (C=O) groups is 1. The number of carbonyl (C=O) groups excluding carboxylic acids is 1. The molecular weight excluding hydrogens is 381 g/mol. The van der Waals surface area contributed by atoms with E-state index < -0.39 is 0 Å². The van der Waals surface area contributed by atoms with E-state index in [4.69, 9.17) is 27.9 Å². The Labute approximate surface area is 172 Å². The molecule has 0 saturated heterocycles. The summed E-state index contributed by atoms with van der Waals surface area (Å²) in [4.78, 5) is 14.6. The standard InChI is InChI=1S/C22H27Cl2NO2/c1-3-5-6-22(26)25(14-13-18-9-10-19(23)15-21(18)24)16-17-7-11-20(12-8-17)27-4-2/h7-12,15H,3-6,13-14,16H2,1-2H3. The van der Waals surface area contributed by atoms with Crippen LogP contribution < -0.4 is 4.74 Å². The first-order valence-corrected chi connectivity index (χ1v) is 10.2. The molecule has 0 heterocycles. The maximum atomic E-state index is 12.7. The van der Waals surface area contributed by atoms with Crippen molar-refractivity contribution >= 4 is 29.1 Å². The summed E-state index contributed by atoms with van der Waals surface area (Å²) in [7, 11) is 0. The van der Waals surface area contributed by atoms with Gasteiger partial charge in [0, 0.05) is 29.6 Å². The van der Waals surface area contributed by atoms with Crippen molar-refractivity contribution < 1.29 is 9.53 Å². The van der Waals surface area contributed by atoms with Crippen LogP contribution in [0.4, 0.5) is 0 Å². The largest absolute Gasteiger partial charge is 0.494 e. The summed E-state index contributed by atoms with van der Waals surface area (Å²) in [5, 5.41) is 1.26. The maximum absolute atomic E-state index is 12.7. The zero-order valence-corrected chi connectivity index (χ0v) is 17.5. The van der Waals surface area contributed by atoms with Crippen LogP contribution in [0.3, 0.4) is 0 Å². The molecule has 3 nitrogen and oxygen atoms in total. The third-order valence-electron chi connectivity index (χ3n) is 4.37. The summed E-state index contributed by atoms with van der Waals surface area (Å²) in [5.41, 5.74) is 2.09. The van der Waals surface area contributed by atoms with Crippen LogP contribution in [-0.4, -0.2) is 24.0 Å². The molecule has 0 atom stereocenters. The number of nitrogens with zero attached hydrogens (tertiary/aromatic N) is 1. The van der Waals surface area contributed by atoms with Gasteiger partial charge >= 0.3 is 0 Å². The Hall–Kier alpha value is -1.71. The second-order valence-electron chi connectivity index (χ2n) is 6.48. The molecule has 0 fully saturated rings. The van der Waals surface area contributed by atoms with Gasteiger partial charge in [-0.1, -0.05) is 54.7 Å². The van der Waals surface area contributed by atoms with Crippen LogP contribution in [-0.2, 0) is 17.8 Å². The molecule has 0 radical (unpaired) electrons. The molecule has 2 rings (SSSR count). The summed E-state index contributed by atoms with van der Waals surface area (Å²) in [6.07, 6.45) is 3.18. The van der Waals surface area contributed by atoms with E-state index in [2.05, 4.69) is 6.92 Å². The predicted octanol–water partition coefficient (Wildman–Crippen LogP) is 6.15. The summed E-state index contributed by atoms with van der Waals surface area (Å²) < 4.78 is 5.49. The van der Waals surface area contributed by atoms with Gasteiger partial charge in [0.15, 0.2) is 0 Å². The number of ether oxygens (including phenoxy) is 1. The lowest BCUT2D eigenvalue weighted by molar-refractivity contribution is -0.131. The van der Waals surface area contributed by atoms with Crippen LogP contribution >= 0.6 is 23.2 Å². The fraction of sp³-hybridized carbons (Fsp3) is 0.409. The average molecular weight is 408 g/mol. The van der Waals surface area contributed by atoms with E-state index in [1.165, 1.54) is 0 Å². The highest BCUT2D eigenvalue weighted by Crippen LogP contribution is 2.22. The molecule has 2 aromatic carbocycles. The third-order valence-corrected chi connectivity index (χ3v) is 4.96. The van der Waals surface area contributed by atoms with Crippen LogP contribution in [0.25, 0.3) is 0 Å². The minimum absolute atomic E-state index is 0.177. The second-order valence-corrected chi connectivity index (χ2v) is 7.33. The Bertz CT molecular complexity index is 732. The molecule has 0 unspecified atom stereocenters. The Balaban J connectivity index is 2.06. The molecule has 5 heteroatoms. The molecule has 0 aliphatic heterocycles. The monoisotopic (exact) mass is 407 g/mol. The Kier molecular flexibility index (Phi) is 8.96. The van der Waals surface area contributed by atoms with Gasteiger partial charge in [-0.2, -0.15) is 0 Å². The molecule has 27 heavy (non-hydrogen) atoms. The molecule has 0 spiro atoms. The smallest absolute Gasteiger partial charge is 0.222 e. The zero-order chi connectivity index (χ0) is 19.6. The van der Waals surface area contributed by atoms with Crippen molar-refractivity contribution in [2.45, 2.75) is 46.1 Å². The van der Waals surface area contributed by atoms with Gasteiger partial charge in [0.25, 0.3) is 0 Å². The molecule has 0 bridgehead atoms. The van der Waals surface area contributed by atoms with Gasteiger partial charge in [-0.25, -0.2) is 0 Å². The van der Waals surface area contributed by atoms with Gasteiger partial charge in [-0.15, -0.1) is 0 Å². The van der Waals surface area contributed by atoms with Crippen LogP contribution in [0, 0.1) is 0 Å². The number of hydrogen-bond acceptors (Lipinski definition) is 2. The molecular formula is C22H27Cl2NO2. The van der Waals surface area contributed by atoms with Crippen molar-refractivity contribution in [3.63, 3.8) is 0 Å².